The second kappa shape index (κ2) is 9.27. The summed E-state index contributed by atoms with van der Waals surface area (Å²) in [5, 5.41) is 32.1. The van der Waals surface area contributed by atoms with Crippen molar-refractivity contribution in [2.45, 2.75) is 43.4 Å². The molecule has 4 N–H and O–H groups in total. The zero-order valence-electron chi connectivity index (χ0n) is 17.1. The number of nitrogens with one attached hydrogen (secondary N) is 1. The molecule has 1 amide bonds. The summed E-state index contributed by atoms with van der Waals surface area (Å²) in [6.07, 6.45) is 0.367. The summed E-state index contributed by atoms with van der Waals surface area (Å²) in [7, 11) is 0. The minimum Gasteiger partial charge on any atom is -0.395 e. The number of aliphatic hydroxyl groups excluding tert-OH is 3. The molecule has 1 fully saturated rings. The number of aliphatic hydroxyl groups is 3. The van der Waals surface area contributed by atoms with E-state index in [1.165, 1.54) is 22.3 Å². The average molecular weight is 411 g/mol. The van der Waals surface area contributed by atoms with Crippen molar-refractivity contribution in [2.24, 2.45) is 0 Å². The van der Waals surface area contributed by atoms with Gasteiger partial charge in [-0.15, -0.1) is 0 Å². The van der Waals surface area contributed by atoms with E-state index in [4.69, 9.17) is 0 Å². The number of amides is 1. The number of rotatable bonds is 8. The van der Waals surface area contributed by atoms with Crippen LogP contribution in [0.3, 0.4) is 0 Å². The number of benzene rings is 2. The SMILES string of the molecule is O=C(CC1c2ccccc2-c2ccccc21)NCCCCN1C[C@@H](O)[C@H](O)[C@H]1CO. The molecule has 0 unspecified atom stereocenters. The molecule has 2 aliphatic rings. The van der Waals surface area contributed by atoms with Crippen LogP contribution in [0, 0.1) is 0 Å². The molecule has 1 aliphatic heterocycles. The van der Waals surface area contributed by atoms with Gasteiger partial charge in [0.1, 0.15) is 0 Å². The number of unbranched alkanes of at least 4 members (excludes halogenated alkanes) is 1. The van der Waals surface area contributed by atoms with E-state index in [0.717, 1.165) is 12.8 Å². The minimum atomic E-state index is -0.896. The molecule has 6 heteroatoms. The molecule has 2 aromatic carbocycles. The number of hydrogen-bond acceptors (Lipinski definition) is 5. The topological polar surface area (TPSA) is 93.0 Å². The molecule has 1 saturated heterocycles. The highest BCUT2D eigenvalue weighted by atomic mass is 16.3. The van der Waals surface area contributed by atoms with Gasteiger partial charge in [0.25, 0.3) is 0 Å². The lowest BCUT2D eigenvalue weighted by molar-refractivity contribution is -0.121. The Morgan fingerprint density at radius 1 is 1.00 bits per heavy atom. The zero-order chi connectivity index (χ0) is 21.1. The largest absolute Gasteiger partial charge is 0.395 e. The van der Waals surface area contributed by atoms with Crippen LogP contribution in [-0.4, -0.2) is 70.6 Å². The van der Waals surface area contributed by atoms with Crippen LogP contribution in [0.15, 0.2) is 48.5 Å². The van der Waals surface area contributed by atoms with Gasteiger partial charge in [-0.3, -0.25) is 9.69 Å². The fourth-order valence-corrected chi connectivity index (χ4v) is 4.84. The van der Waals surface area contributed by atoms with E-state index in [0.29, 0.717) is 26.1 Å². The third kappa shape index (κ3) is 4.14. The van der Waals surface area contributed by atoms with Gasteiger partial charge in [-0.2, -0.15) is 0 Å². The first-order valence-electron chi connectivity index (χ1n) is 10.8. The minimum absolute atomic E-state index is 0.0479. The van der Waals surface area contributed by atoms with E-state index in [1.54, 1.807) is 0 Å². The maximum Gasteiger partial charge on any atom is 0.220 e. The van der Waals surface area contributed by atoms with Crippen LogP contribution in [0.4, 0.5) is 0 Å². The standard InChI is InChI=1S/C24H30N2O4/c27-15-21-24(30)22(28)14-26(21)12-6-5-11-25-23(29)13-20-18-9-3-1-7-16(18)17-8-2-4-10-19(17)20/h1-4,7-10,20-22,24,27-28,30H,5-6,11-15H2,(H,25,29)/t21-,22-,24-/m1/s1. The van der Waals surface area contributed by atoms with Gasteiger partial charge >= 0.3 is 0 Å². The van der Waals surface area contributed by atoms with Crippen molar-refractivity contribution >= 4 is 5.91 Å². The van der Waals surface area contributed by atoms with Crippen LogP contribution in [0.25, 0.3) is 11.1 Å². The van der Waals surface area contributed by atoms with Crippen molar-refractivity contribution in [3.05, 3.63) is 59.7 Å². The van der Waals surface area contributed by atoms with Crippen LogP contribution in [-0.2, 0) is 4.79 Å². The summed E-state index contributed by atoms with van der Waals surface area (Å²) < 4.78 is 0. The maximum atomic E-state index is 12.6. The lowest BCUT2D eigenvalue weighted by Crippen LogP contribution is -2.39. The van der Waals surface area contributed by atoms with Crippen LogP contribution in [0.1, 0.15) is 36.3 Å². The van der Waals surface area contributed by atoms with Gasteiger partial charge in [0.15, 0.2) is 0 Å². The van der Waals surface area contributed by atoms with Crippen LogP contribution < -0.4 is 5.32 Å². The predicted molar refractivity (Wildman–Crippen MR) is 115 cm³/mol. The van der Waals surface area contributed by atoms with Gasteiger partial charge < -0.3 is 20.6 Å². The van der Waals surface area contributed by atoms with Gasteiger partial charge in [-0.1, -0.05) is 48.5 Å². The fourth-order valence-electron chi connectivity index (χ4n) is 4.84. The smallest absolute Gasteiger partial charge is 0.220 e. The highest BCUT2D eigenvalue weighted by molar-refractivity contribution is 5.84. The first kappa shape index (κ1) is 21.0. The number of β-amino-alcohol motifs (C(OH)–C–C–N with tert-alkyl or cyclic N) is 1. The molecule has 0 aromatic heterocycles. The molecule has 6 nitrogen and oxygen atoms in total. The highest BCUT2D eigenvalue weighted by Crippen LogP contribution is 2.45. The monoisotopic (exact) mass is 410 g/mol. The summed E-state index contributed by atoms with van der Waals surface area (Å²) >= 11 is 0. The van der Waals surface area contributed by atoms with Gasteiger partial charge in [0.2, 0.25) is 5.91 Å². The molecule has 1 heterocycles. The molecule has 160 valence electrons. The number of nitrogens with zero attached hydrogens (tertiary/aromatic N) is 1. The molecular formula is C24H30N2O4. The van der Waals surface area contributed by atoms with E-state index in [-0.39, 0.29) is 18.4 Å². The lowest BCUT2D eigenvalue weighted by atomic mass is 9.93. The fraction of sp³-hybridized carbons (Fsp3) is 0.458. The van der Waals surface area contributed by atoms with Crippen LogP contribution in [0.2, 0.25) is 0 Å². The van der Waals surface area contributed by atoms with Crippen LogP contribution >= 0.6 is 0 Å². The Labute approximate surface area is 177 Å². The molecule has 0 spiro atoms. The van der Waals surface area contributed by atoms with Gasteiger partial charge in [0.05, 0.1) is 24.9 Å². The first-order valence-corrected chi connectivity index (χ1v) is 10.8. The van der Waals surface area contributed by atoms with Crippen molar-refractivity contribution in [1.82, 2.24) is 10.2 Å². The summed E-state index contributed by atoms with van der Waals surface area (Å²) in [6.45, 7) is 1.48. The zero-order valence-corrected chi connectivity index (χ0v) is 17.1. The number of likely N-dealkylation sites (tertiary alicyclic amines) is 1. The summed E-state index contributed by atoms with van der Waals surface area (Å²) in [6, 6.07) is 16.2. The number of fused-ring (bicyclic) bond motifs is 3. The maximum absolute atomic E-state index is 12.6. The van der Waals surface area contributed by atoms with E-state index < -0.39 is 18.2 Å². The van der Waals surface area contributed by atoms with E-state index in [9.17, 15) is 20.1 Å². The number of hydrogen-bond donors (Lipinski definition) is 4. The van der Waals surface area contributed by atoms with Crippen molar-refractivity contribution in [1.29, 1.82) is 0 Å². The van der Waals surface area contributed by atoms with Crippen LogP contribution in [0.5, 0.6) is 0 Å². The molecule has 4 rings (SSSR count). The van der Waals surface area contributed by atoms with Gasteiger partial charge in [0, 0.05) is 25.4 Å². The highest BCUT2D eigenvalue weighted by Gasteiger charge is 2.38. The predicted octanol–water partition coefficient (Wildman–Crippen LogP) is 1.48. The molecule has 0 radical (unpaired) electrons. The molecule has 2 aromatic rings. The molecule has 1 aliphatic carbocycles. The van der Waals surface area contributed by atoms with Crippen molar-refractivity contribution in [3.8, 4) is 11.1 Å². The Balaban J connectivity index is 1.25. The first-order chi connectivity index (χ1) is 14.6. The molecule has 30 heavy (non-hydrogen) atoms. The summed E-state index contributed by atoms with van der Waals surface area (Å²) in [4.78, 5) is 14.5. The average Bonchev–Trinajstić information content (AvgIpc) is 3.22. The summed E-state index contributed by atoms with van der Waals surface area (Å²) in [5.74, 6) is 0.141. The second-order valence-electron chi connectivity index (χ2n) is 8.29. The molecule has 0 bridgehead atoms. The van der Waals surface area contributed by atoms with E-state index in [2.05, 4.69) is 29.6 Å². The Hall–Kier alpha value is -2.25. The summed E-state index contributed by atoms with van der Waals surface area (Å²) in [5.41, 5.74) is 4.88. The van der Waals surface area contributed by atoms with E-state index in [1.807, 2.05) is 29.2 Å². The Morgan fingerprint density at radius 3 is 2.27 bits per heavy atom. The Morgan fingerprint density at radius 2 is 1.63 bits per heavy atom. The normalized spacial score (nSPS) is 23.4. The lowest BCUT2D eigenvalue weighted by Gasteiger charge is -2.23. The number of carbonyl (C=O) groups excluding carboxylic acids is 1. The van der Waals surface area contributed by atoms with Gasteiger partial charge in [-0.05, 0) is 41.6 Å². The Kier molecular flexibility index (Phi) is 6.49. The van der Waals surface area contributed by atoms with Crippen molar-refractivity contribution in [2.75, 3.05) is 26.2 Å². The Bertz CT molecular complexity index is 842. The van der Waals surface area contributed by atoms with E-state index >= 15 is 0 Å². The molecule has 3 atom stereocenters. The third-order valence-electron chi connectivity index (χ3n) is 6.41. The van der Waals surface area contributed by atoms with Crippen molar-refractivity contribution < 1.29 is 20.1 Å². The molecule has 0 saturated carbocycles. The molecular weight excluding hydrogens is 380 g/mol. The van der Waals surface area contributed by atoms with Gasteiger partial charge in [-0.25, -0.2) is 0 Å². The quantitative estimate of drug-likeness (QED) is 0.495. The third-order valence-corrected chi connectivity index (χ3v) is 6.41. The number of carbonyl (C=O) groups is 1. The van der Waals surface area contributed by atoms with Crippen molar-refractivity contribution in [3.63, 3.8) is 0 Å². The second-order valence-corrected chi connectivity index (χ2v) is 8.29.